The minimum Gasteiger partial charge on any atom is -0.206 e. The molecule has 2 rings (SSSR count). The Morgan fingerprint density at radius 1 is 1.58 bits per heavy atom. The number of nitriles is 1. The van der Waals surface area contributed by atoms with Crippen molar-refractivity contribution < 1.29 is 4.39 Å². The number of rotatable bonds is 1. The summed E-state index contributed by atoms with van der Waals surface area (Å²) >= 11 is 0. The molecule has 0 heterocycles. The fourth-order valence-corrected chi connectivity index (χ4v) is 1.33. The average molecular weight is 160 g/mol. The lowest BCUT2D eigenvalue weighted by Crippen LogP contribution is -2.02. The van der Waals surface area contributed by atoms with Gasteiger partial charge < -0.3 is 0 Å². The third kappa shape index (κ3) is 0.984. The van der Waals surface area contributed by atoms with Crippen molar-refractivity contribution >= 4 is 0 Å². The van der Waals surface area contributed by atoms with Crippen molar-refractivity contribution in [1.29, 1.82) is 5.26 Å². The summed E-state index contributed by atoms with van der Waals surface area (Å²) in [5.74, 6) is -0.381. The van der Waals surface area contributed by atoms with Crippen LogP contribution < -0.4 is 0 Å². The van der Waals surface area contributed by atoms with Gasteiger partial charge in [0, 0.05) is 6.07 Å². The van der Waals surface area contributed by atoms with Crippen LogP contribution in [0.25, 0.3) is 0 Å². The molecule has 1 aliphatic carbocycles. The van der Waals surface area contributed by atoms with Crippen molar-refractivity contribution in [2.24, 2.45) is 0 Å². The molecule has 59 valence electrons. The van der Waals surface area contributed by atoms with E-state index in [9.17, 15) is 4.39 Å². The normalized spacial score (nSPS) is 18.3. The predicted octanol–water partition coefficient (Wildman–Crippen LogP) is 2.18. The molecule has 0 bridgehead atoms. The SMILES string of the molecule is N#CC1(c2cc[c]c(F)c2)CC1. The Morgan fingerprint density at radius 3 is 2.83 bits per heavy atom. The average Bonchev–Trinajstić information content (AvgIpc) is 2.84. The lowest BCUT2D eigenvalue weighted by atomic mass is 9.98. The molecule has 1 fully saturated rings. The van der Waals surface area contributed by atoms with Crippen LogP contribution in [-0.2, 0) is 5.41 Å². The van der Waals surface area contributed by atoms with Gasteiger partial charge in [0.25, 0.3) is 0 Å². The summed E-state index contributed by atoms with van der Waals surface area (Å²) in [6.07, 6.45) is 1.71. The summed E-state index contributed by atoms with van der Waals surface area (Å²) in [5, 5.41) is 8.82. The van der Waals surface area contributed by atoms with Crippen molar-refractivity contribution in [3.05, 3.63) is 35.6 Å². The maximum atomic E-state index is 12.7. The van der Waals surface area contributed by atoms with Gasteiger partial charge in [0.05, 0.1) is 11.5 Å². The van der Waals surface area contributed by atoms with Gasteiger partial charge in [-0.1, -0.05) is 12.1 Å². The molecule has 1 nitrogen and oxygen atoms in total. The Hall–Kier alpha value is -1.36. The molecule has 2 heteroatoms. The third-order valence-corrected chi connectivity index (χ3v) is 2.28. The van der Waals surface area contributed by atoms with Crippen LogP contribution in [0.1, 0.15) is 18.4 Å². The van der Waals surface area contributed by atoms with Crippen LogP contribution in [-0.4, -0.2) is 0 Å². The molecule has 1 saturated carbocycles. The van der Waals surface area contributed by atoms with Gasteiger partial charge in [-0.05, 0) is 24.5 Å². The number of benzene rings is 1. The van der Waals surface area contributed by atoms with E-state index >= 15 is 0 Å². The van der Waals surface area contributed by atoms with Crippen LogP contribution >= 0.6 is 0 Å². The van der Waals surface area contributed by atoms with E-state index in [0.29, 0.717) is 0 Å². The van der Waals surface area contributed by atoms with Gasteiger partial charge in [-0.15, -0.1) is 0 Å². The van der Waals surface area contributed by atoms with Crippen LogP contribution in [0.3, 0.4) is 0 Å². The molecule has 0 saturated heterocycles. The van der Waals surface area contributed by atoms with E-state index in [4.69, 9.17) is 5.26 Å². The van der Waals surface area contributed by atoms with Gasteiger partial charge in [-0.3, -0.25) is 0 Å². The monoisotopic (exact) mass is 160 g/mol. The summed E-state index contributed by atoms with van der Waals surface area (Å²) in [7, 11) is 0. The highest BCUT2D eigenvalue weighted by molar-refractivity contribution is 5.38. The topological polar surface area (TPSA) is 23.8 Å². The molecule has 1 aromatic rings. The molecule has 0 spiro atoms. The summed E-state index contributed by atoms with van der Waals surface area (Å²) in [5.41, 5.74) is 0.414. The minimum absolute atomic E-state index is 0.379. The van der Waals surface area contributed by atoms with Crippen LogP contribution in [0.15, 0.2) is 18.2 Å². The Kier molecular flexibility index (Phi) is 1.41. The Morgan fingerprint density at radius 2 is 2.33 bits per heavy atom. The highest BCUT2D eigenvalue weighted by atomic mass is 19.1. The summed E-state index contributed by atoms with van der Waals surface area (Å²) in [6, 6.07) is 9.33. The predicted molar refractivity (Wildman–Crippen MR) is 41.8 cm³/mol. The zero-order valence-corrected chi connectivity index (χ0v) is 6.47. The number of hydrogen-bond donors (Lipinski definition) is 0. The molecule has 0 unspecified atom stereocenters. The van der Waals surface area contributed by atoms with E-state index in [-0.39, 0.29) is 11.2 Å². The minimum atomic E-state index is -0.381. The molecule has 1 aliphatic rings. The molecule has 0 aromatic heterocycles. The second-order valence-electron chi connectivity index (χ2n) is 3.12. The molecule has 1 aromatic carbocycles. The number of halogens is 1. The maximum absolute atomic E-state index is 12.7. The van der Waals surface area contributed by atoms with Crippen molar-refractivity contribution in [3.63, 3.8) is 0 Å². The van der Waals surface area contributed by atoms with E-state index < -0.39 is 0 Å². The highest BCUT2D eigenvalue weighted by Crippen LogP contribution is 2.47. The molecular weight excluding hydrogens is 153 g/mol. The van der Waals surface area contributed by atoms with Crippen molar-refractivity contribution in [2.45, 2.75) is 18.3 Å². The largest absolute Gasteiger partial charge is 0.206 e. The first kappa shape index (κ1) is 7.30. The number of nitrogens with zero attached hydrogens (tertiary/aromatic N) is 1. The second kappa shape index (κ2) is 2.31. The number of hydrogen-bond acceptors (Lipinski definition) is 1. The van der Waals surface area contributed by atoms with Crippen molar-refractivity contribution in [1.82, 2.24) is 0 Å². The molecule has 0 N–H and O–H groups in total. The fraction of sp³-hybridized carbons (Fsp3) is 0.300. The van der Waals surface area contributed by atoms with Gasteiger partial charge in [-0.2, -0.15) is 5.26 Å². The van der Waals surface area contributed by atoms with Crippen molar-refractivity contribution in [3.8, 4) is 6.07 Å². The summed E-state index contributed by atoms with van der Waals surface area (Å²) in [6.45, 7) is 0. The molecule has 1 radical (unpaired) electrons. The van der Waals surface area contributed by atoms with E-state index in [1.807, 2.05) is 0 Å². The first-order valence-electron chi connectivity index (χ1n) is 3.86. The van der Waals surface area contributed by atoms with E-state index in [0.717, 1.165) is 18.4 Å². The van der Waals surface area contributed by atoms with Gasteiger partial charge in [0.1, 0.15) is 5.82 Å². The van der Waals surface area contributed by atoms with E-state index in [1.165, 1.54) is 12.1 Å². The quantitative estimate of drug-likeness (QED) is 0.617. The standard InChI is InChI=1S/C10H7FN/c11-9-3-1-2-8(6-9)10(7-12)4-5-10/h1-2,6H,4-5H2. The Balaban J connectivity index is 2.42. The molecule has 0 amide bonds. The summed E-state index contributed by atoms with van der Waals surface area (Å²) < 4.78 is 12.7. The van der Waals surface area contributed by atoms with Crippen LogP contribution in [0.2, 0.25) is 0 Å². The van der Waals surface area contributed by atoms with Crippen LogP contribution in [0.5, 0.6) is 0 Å². The van der Waals surface area contributed by atoms with Crippen LogP contribution in [0, 0.1) is 23.2 Å². The Bertz CT molecular complexity index is 347. The fourth-order valence-electron chi connectivity index (χ4n) is 1.33. The highest BCUT2D eigenvalue weighted by Gasteiger charge is 2.44. The molecular formula is C10H7FN. The van der Waals surface area contributed by atoms with Gasteiger partial charge >= 0.3 is 0 Å². The van der Waals surface area contributed by atoms with E-state index in [2.05, 4.69) is 12.1 Å². The maximum Gasteiger partial charge on any atom is 0.131 e. The lowest BCUT2D eigenvalue weighted by Gasteiger charge is -2.04. The first-order valence-corrected chi connectivity index (χ1v) is 3.86. The van der Waals surface area contributed by atoms with Crippen molar-refractivity contribution in [2.75, 3.05) is 0 Å². The van der Waals surface area contributed by atoms with Crippen LogP contribution in [0.4, 0.5) is 4.39 Å². The van der Waals surface area contributed by atoms with Gasteiger partial charge in [0.2, 0.25) is 0 Å². The van der Waals surface area contributed by atoms with Gasteiger partial charge in [0.15, 0.2) is 0 Å². The zero-order valence-electron chi connectivity index (χ0n) is 6.47. The zero-order chi connectivity index (χ0) is 8.60. The molecule has 0 aliphatic heterocycles. The molecule has 12 heavy (non-hydrogen) atoms. The Labute approximate surface area is 70.4 Å². The summed E-state index contributed by atoms with van der Waals surface area (Å²) in [4.78, 5) is 0. The second-order valence-corrected chi connectivity index (χ2v) is 3.12. The first-order chi connectivity index (χ1) is 5.77. The van der Waals surface area contributed by atoms with Gasteiger partial charge in [-0.25, -0.2) is 4.39 Å². The molecule has 0 atom stereocenters. The third-order valence-electron chi connectivity index (χ3n) is 2.28. The lowest BCUT2D eigenvalue weighted by molar-refractivity contribution is 0.621. The van der Waals surface area contributed by atoms with E-state index in [1.54, 1.807) is 6.07 Å². The smallest absolute Gasteiger partial charge is 0.131 e.